The number of rotatable bonds is 3. The maximum Gasteiger partial charge on any atom is 0.196 e. The van der Waals surface area contributed by atoms with Gasteiger partial charge in [-0.15, -0.1) is 0 Å². The largest absolute Gasteiger partial charge is 0.390 e. The van der Waals surface area contributed by atoms with E-state index in [9.17, 15) is 15.0 Å². The zero-order valence-corrected chi connectivity index (χ0v) is 8.27. The van der Waals surface area contributed by atoms with E-state index in [1.165, 1.54) is 13.8 Å². The van der Waals surface area contributed by atoms with Crippen LogP contribution >= 0.6 is 0 Å². The van der Waals surface area contributed by atoms with Crippen LogP contribution in [0.5, 0.6) is 0 Å². The van der Waals surface area contributed by atoms with Crippen molar-refractivity contribution in [3.05, 3.63) is 35.9 Å². The first kappa shape index (κ1) is 10.9. The van der Waals surface area contributed by atoms with E-state index in [0.29, 0.717) is 5.56 Å². The topological polar surface area (TPSA) is 57.5 Å². The number of carbonyl (C=O) groups excluding carboxylic acids is 1. The second kappa shape index (κ2) is 3.90. The third kappa shape index (κ3) is 2.00. The average Bonchev–Trinajstić information content (AvgIpc) is 2.17. The van der Waals surface area contributed by atoms with Gasteiger partial charge in [-0.05, 0) is 13.8 Å². The van der Waals surface area contributed by atoms with E-state index in [0.717, 1.165) is 0 Å². The van der Waals surface area contributed by atoms with Crippen molar-refractivity contribution < 1.29 is 15.0 Å². The minimum Gasteiger partial charge on any atom is -0.390 e. The van der Waals surface area contributed by atoms with Crippen LogP contribution in [-0.4, -0.2) is 27.7 Å². The molecule has 1 rings (SSSR count). The van der Waals surface area contributed by atoms with E-state index < -0.39 is 17.5 Å². The lowest BCUT2D eigenvalue weighted by molar-refractivity contribution is -0.0309. The van der Waals surface area contributed by atoms with Crippen molar-refractivity contribution in [1.82, 2.24) is 0 Å². The molecule has 0 aliphatic carbocycles. The van der Waals surface area contributed by atoms with E-state index in [4.69, 9.17) is 0 Å². The van der Waals surface area contributed by atoms with Crippen LogP contribution in [-0.2, 0) is 0 Å². The molecule has 0 heterocycles. The Hall–Kier alpha value is -1.19. The van der Waals surface area contributed by atoms with Crippen molar-refractivity contribution >= 4 is 5.78 Å². The molecule has 0 aromatic heterocycles. The monoisotopic (exact) mass is 194 g/mol. The van der Waals surface area contributed by atoms with Crippen LogP contribution in [0, 0.1) is 0 Å². The number of benzene rings is 1. The Morgan fingerprint density at radius 2 is 1.86 bits per heavy atom. The van der Waals surface area contributed by atoms with Gasteiger partial charge >= 0.3 is 0 Å². The van der Waals surface area contributed by atoms with Crippen molar-refractivity contribution in [3.63, 3.8) is 0 Å². The van der Waals surface area contributed by atoms with Crippen LogP contribution in [0.2, 0.25) is 0 Å². The van der Waals surface area contributed by atoms with E-state index in [1.54, 1.807) is 30.3 Å². The van der Waals surface area contributed by atoms with Crippen LogP contribution in [0.15, 0.2) is 30.3 Å². The highest BCUT2D eigenvalue weighted by molar-refractivity contribution is 6.02. The zero-order valence-electron chi connectivity index (χ0n) is 8.27. The Morgan fingerprint density at radius 3 is 2.29 bits per heavy atom. The lowest BCUT2D eigenvalue weighted by Gasteiger charge is -2.24. The fourth-order valence-corrected chi connectivity index (χ4v) is 1.07. The van der Waals surface area contributed by atoms with E-state index in [1.807, 2.05) is 0 Å². The SMILES string of the molecule is C[C@H](O)[C@@](C)(O)C(=O)c1ccccc1. The first-order valence-corrected chi connectivity index (χ1v) is 4.46. The first-order chi connectivity index (χ1) is 6.46. The summed E-state index contributed by atoms with van der Waals surface area (Å²) < 4.78 is 0. The van der Waals surface area contributed by atoms with Crippen molar-refractivity contribution in [2.45, 2.75) is 25.6 Å². The molecule has 0 amide bonds. The number of carbonyl (C=O) groups is 1. The molecule has 0 saturated carbocycles. The Labute approximate surface area is 83.0 Å². The maximum absolute atomic E-state index is 11.7. The summed E-state index contributed by atoms with van der Waals surface area (Å²) in [5, 5.41) is 19.0. The minimum absolute atomic E-state index is 0.401. The number of Topliss-reactive ketones (excluding diaryl/α,β-unsaturated/α-hetero) is 1. The average molecular weight is 194 g/mol. The predicted octanol–water partition coefficient (Wildman–Crippen LogP) is 1.00. The molecule has 0 unspecified atom stereocenters. The number of hydrogen-bond donors (Lipinski definition) is 2. The fraction of sp³-hybridized carbons (Fsp3) is 0.364. The normalized spacial score (nSPS) is 17.1. The van der Waals surface area contributed by atoms with Gasteiger partial charge in [0.05, 0.1) is 6.10 Å². The number of aliphatic hydroxyl groups excluding tert-OH is 1. The fourth-order valence-electron chi connectivity index (χ4n) is 1.07. The molecule has 3 heteroatoms. The Balaban J connectivity index is 2.97. The highest BCUT2D eigenvalue weighted by Gasteiger charge is 2.35. The summed E-state index contributed by atoms with van der Waals surface area (Å²) in [5.74, 6) is -0.465. The van der Waals surface area contributed by atoms with Gasteiger partial charge in [0.2, 0.25) is 0 Å². The summed E-state index contributed by atoms with van der Waals surface area (Å²) >= 11 is 0. The first-order valence-electron chi connectivity index (χ1n) is 4.46. The molecule has 0 bridgehead atoms. The van der Waals surface area contributed by atoms with Gasteiger partial charge in [0.1, 0.15) is 5.60 Å². The van der Waals surface area contributed by atoms with Gasteiger partial charge in [0, 0.05) is 5.56 Å². The zero-order chi connectivity index (χ0) is 10.8. The Kier molecular flexibility index (Phi) is 3.03. The van der Waals surface area contributed by atoms with Gasteiger partial charge in [-0.25, -0.2) is 0 Å². The molecular formula is C11H14O3. The van der Waals surface area contributed by atoms with Gasteiger partial charge < -0.3 is 10.2 Å². The van der Waals surface area contributed by atoms with E-state index in [2.05, 4.69) is 0 Å². The van der Waals surface area contributed by atoms with Crippen LogP contribution in [0.25, 0.3) is 0 Å². The lowest BCUT2D eigenvalue weighted by Crippen LogP contribution is -2.45. The molecule has 14 heavy (non-hydrogen) atoms. The van der Waals surface area contributed by atoms with Crippen molar-refractivity contribution in [3.8, 4) is 0 Å². The van der Waals surface area contributed by atoms with Gasteiger partial charge in [0.25, 0.3) is 0 Å². The Bertz CT molecular complexity index is 315. The third-order valence-corrected chi connectivity index (χ3v) is 2.31. The second-order valence-corrected chi connectivity index (χ2v) is 3.52. The molecule has 0 saturated heterocycles. The van der Waals surface area contributed by atoms with Crippen LogP contribution in [0.3, 0.4) is 0 Å². The van der Waals surface area contributed by atoms with Gasteiger partial charge in [-0.1, -0.05) is 30.3 Å². The van der Waals surface area contributed by atoms with Crippen molar-refractivity contribution in [2.24, 2.45) is 0 Å². The number of hydrogen-bond acceptors (Lipinski definition) is 3. The highest BCUT2D eigenvalue weighted by Crippen LogP contribution is 2.16. The molecule has 76 valence electrons. The van der Waals surface area contributed by atoms with Crippen LogP contribution in [0.4, 0.5) is 0 Å². The number of ketones is 1. The van der Waals surface area contributed by atoms with Crippen LogP contribution in [0.1, 0.15) is 24.2 Å². The molecule has 2 atom stereocenters. The molecule has 0 radical (unpaired) electrons. The van der Waals surface area contributed by atoms with Crippen molar-refractivity contribution in [2.75, 3.05) is 0 Å². The quantitative estimate of drug-likeness (QED) is 0.706. The Morgan fingerprint density at radius 1 is 1.36 bits per heavy atom. The van der Waals surface area contributed by atoms with Gasteiger partial charge in [-0.3, -0.25) is 4.79 Å². The standard InChI is InChI=1S/C11H14O3/c1-8(12)11(2,14)10(13)9-6-4-3-5-7-9/h3-8,12,14H,1-2H3/t8-,11+/m0/s1. The maximum atomic E-state index is 11.7. The molecule has 2 N–H and O–H groups in total. The predicted molar refractivity (Wildman–Crippen MR) is 53.1 cm³/mol. The molecule has 0 fully saturated rings. The summed E-state index contributed by atoms with van der Waals surface area (Å²) in [6.45, 7) is 2.70. The second-order valence-electron chi connectivity index (χ2n) is 3.52. The van der Waals surface area contributed by atoms with Gasteiger partial charge in [0.15, 0.2) is 5.78 Å². The summed E-state index contributed by atoms with van der Waals surface area (Å²) in [7, 11) is 0. The molecular weight excluding hydrogens is 180 g/mol. The summed E-state index contributed by atoms with van der Waals surface area (Å²) in [6.07, 6.45) is -1.09. The molecule has 1 aromatic rings. The summed E-state index contributed by atoms with van der Waals surface area (Å²) in [4.78, 5) is 11.7. The molecule has 0 spiro atoms. The smallest absolute Gasteiger partial charge is 0.196 e. The highest BCUT2D eigenvalue weighted by atomic mass is 16.3. The van der Waals surface area contributed by atoms with Crippen LogP contribution < -0.4 is 0 Å². The van der Waals surface area contributed by atoms with E-state index >= 15 is 0 Å². The summed E-state index contributed by atoms with van der Waals surface area (Å²) in [6, 6.07) is 8.43. The number of aliphatic hydroxyl groups is 2. The summed E-state index contributed by atoms with van der Waals surface area (Å²) in [5.41, 5.74) is -1.32. The molecule has 0 aliphatic heterocycles. The molecule has 3 nitrogen and oxygen atoms in total. The third-order valence-electron chi connectivity index (χ3n) is 2.31. The molecule has 1 aromatic carbocycles. The molecule has 0 aliphatic rings. The lowest BCUT2D eigenvalue weighted by atomic mass is 9.90. The minimum atomic E-state index is -1.72. The van der Waals surface area contributed by atoms with Gasteiger partial charge in [-0.2, -0.15) is 0 Å². The van der Waals surface area contributed by atoms with E-state index in [-0.39, 0.29) is 0 Å². The van der Waals surface area contributed by atoms with Crippen molar-refractivity contribution in [1.29, 1.82) is 0 Å².